The predicted molar refractivity (Wildman–Crippen MR) is 219 cm³/mol. The minimum Gasteiger partial charge on any atom is -0.756 e. The normalized spacial score (nSPS) is 14.5. The third-order valence-electron chi connectivity index (χ3n) is 10.00. The highest BCUT2D eigenvalue weighted by atomic mass is 31.2. The van der Waals surface area contributed by atoms with Crippen LogP contribution in [0.1, 0.15) is 206 Å². The van der Waals surface area contributed by atoms with Gasteiger partial charge in [0.05, 0.1) is 39.9 Å². The minimum absolute atomic E-state index is 0.00201. The van der Waals surface area contributed by atoms with Gasteiger partial charge < -0.3 is 28.8 Å². The Hall–Kier alpha value is -0.760. The fourth-order valence-corrected chi connectivity index (χ4v) is 7.17. The number of carbonyl (C=O) groups excluding carboxylic acids is 1. The van der Waals surface area contributed by atoms with Gasteiger partial charge in [0.15, 0.2) is 0 Å². The van der Waals surface area contributed by atoms with Gasteiger partial charge in [0.25, 0.3) is 7.82 Å². The van der Waals surface area contributed by atoms with Crippen LogP contribution >= 0.6 is 7.82 Å². The minimum atomic E-state index is -4.58. The summed E-state index contributed by atoms with van der Waals surface area (Å²) < 4.78 is 23.2. The van der Waals surface area contributed by atoms with Gasteiger partial charge in [0, 0.05) is 6.42 Å². The number of carbonyl (C=O) groups is 1. The summed E-state index contributed by atoms with van der Waals surface area (Å²) in [6.45, 7) is 4.65. The first-order chi connectivity index (χ1) is 25.0. The van der Waals surface area contributed by atoms with E-state index in [1.807, 2.05) is 27.2 Å². The smallest absolute Gasteiger partial charge is 0.268 e. The number of phosphoric ester groups is 1. The number of hydrogen-bond acceptors (Lipinski definition) is 6. The average molecular weight is 759 g/mol. The molecule has 0 spiro atoms. The predicted octanol–water partition coefficient (Wildman–Crippen LogP) is 11.3. The molecule has 0 bridgehead atoms. The van der Waals surface area contributed by atoms with Gasteiger partial charge in [0.1, 0.15) is 13.2 Å². The van der Waals surface area contributed by atoms with Gasteiger partial charge in [-0.2, -0.15) is 0 Å². The van der Waals surface area contributed by atoms with Crippen molar-refractivity contribution in [3.05, 3.63) is 12.2 Å². The maximum absolute atomic E-state index is 12.8. The Kier molecular flexibility index (Phi) is 35.4. The fourth-order valence-electron chi connectivity index (χ4n) is 6.45. The van der Waals surface area contributed by atoms with Gasteiger partial charge in [-0.15, -0.1) is 0 Å². The number of allylic oxidation sites excluding steroid dienone is 1. The van der Waals surface area contributed by atoms with Crippen molar-refractivity contribution < 1.29 is 32.9 Å². The molecule has 0 aliphatic heterocycles. The first-order valence-corrected chi connectivity index (χ1v) is 23.5. The SMILES string of the molecule is CCCCCCCCCCCCCC=C[C@@H](O)[C@H](COP(=O)([O-])OCC[N+](C)(C)C)NC(=O)CCCCCCCCCCCCCCCCCCC. The molecule has 52 heavy (non-hydrogen) atoms. The molecule has 0 saturated carbocycles. The van der Waals surface area contributed by atoms with E-state index < -0.39 is 20.0 Å². The second-order valence-electron chi connectivity index (χ2n) is 16.4. The van der Waals surface area contributed by atoms with Gasteiger partial charge in [-0.05, 0) is 19.3 Å². The van der Waals surface area contributed by atoms with Crippen LogP contribution in [0.15, 0.2) is 12.2 Å². The van der Waals surface area contributed by atoms with Crippen molar-refractivity contribution in [3.8, 4) is 0 Å². The Morgan fingerprint density at radius 2 is 1.04 bits per heavy atom. The van der Waals surface area contributed by atoms with Gasteiger partial charge in [-0.3, -0.25) is 9.36 Å². The van der Waals surface area contributed by atoms with Gasteiger partial charge in [0.2, 0.25) is 5.91 Å². The molecule has 0 heterocycles. The second kappa shape index (κ2) is 35.9. The van der Waals surface area contributed by atoms with Crippen molar-refractivity contribution in [2.45, 2.75) is 219 Å². The lowest BCUT2D eigenvalue weighted by atomic mass is 10.0. The van der Waals surface area contributed by atoms with Crippen LogP contribution in [0.4, 0.5) is 0 Å². The summed E-state index contributed by atoms with van der Waals surface area (Å²) in [6, 6.07) is -0.879. The van der Waals surface area contributed by atoms with E-state index in [4.69, 9.17) is 9.05 Å². The van der Waals surface area contributed by atoms with Crippen LogP contribution in [0.2, 0.25) is 0 Å². The van der Waals surface area contributed by atoms with E-state index in [0.717, 1.165) is 38.5 Å². The van der Waals surface area contributed by atoms with Crippen molar-refractivity contribution in [1.29, 1.82) is 0 Å². The molecule has 0 fully saturated rings. The summed E-state index contributed by atoms with van der Waals surface area (Å²) in [5, 5.41) is 13.8. The number of unbranched alkanes of at least 4 members (excludes halogenated alkanes) is 27. The Bertz CT molecular complexity index is 865. The van der Waals surface area contributed by atoms with E-state index in [-0.39, 0.29) is 19.1 Å². The van der Waals surface area contributed by atoms with E-state index in [1.165, 1.54) is 148 Å². The van der Waals surface area contributed by atoms with Gasteiger partial charge in [-0.1, -0.05) is 193 Å². The molecule has 0 saturated heterocycles. The summed E-state index contributed by atoms with van der Waals surface area (Å²) in [6.07, 6.45) is 39.6. The number of quaternary nitrogens is 1. The highest BCUT2D eigenvalue weighted by molar-refractivity contribution is 7.45. The van der Waals surface area contributed by atoms with Crippen molar-refractivity contribution >= 4 is 13.7 Å². The number of amides is 1. The lowest BCUT2D eigenvalue weighted by molar-refractivity contribution is -0.870. The lowest BCUT2D eigenvalue weighted by Gasteiger charge is -2.29. The van der Waals surface area contributed by atoms with E-state index >= 15 is 0 Å². The molecule has 0 aliphatic rings. The fraction of sp³-hybridized carbons (Fsp3) is 0.930. The van der Waals surface area contributed by atoms with Crippen LogP contribution in [0.3, 0.4) is 0 Å². The highest BCUT2D eigenvalue weighted by Gasteiger charge is 2.23. The highest BCUT2D eigenvalue weighted by Crippen LogP contribution is 2.38. The van der Waals surface area contributed by atoms with Crippen LogP contribution in [0.5, 0.6) is 0 Å². The molecule has 0 aromatic rings. The monoisotopic (exact) mass is 759 g/mol. The molecular formula is C43H87N2O6P. The second-order valence-corrected chi connectivity index (χ2v) is 17.8. The Labute approximate surface area is 322 Å². The van der Waals surface area contributed by atoms with Gasteiger partial charge in [-0.25, -0.2) is 0 Å². The molecule has 310 valence electrons. The zero-order valence-corrected chi connectivity index (χ0v) is 35.9. The number of aliphatic hydroxyl groups excluding tert-OH is 1. The number of hydrogen-bond donors (Lipinski definition) is 2. The van der Waals surface area contributed by atoms with Crippen LogP contribution in [-0.2, 0) is 18.4 Å². The molecule has 0 aliphatic carbocycles. The maximum Gasteiger partial charge on any atom is 0.268 e. The van der Waals surface area contributed by atoms with Crippen molar-refractivity contribution in [2.75, 3.05) is 40.9 Å². The average Bonchev–Trinajstić information content (AvgIpc) is 3.09. The van der Waals surface area contributed by atoms with Crippen LogP contribution in [0.25, 0.3) is 0 Å². The van der Waals surface area contributed by atoms with Gasteiger partial charge >= 0.3 is 0 Å². The van der Waals surface area contributed by atoms with Crippen molar-refractivity contribution in [2.24, 2.45) is 0 Å². The molecule has 9 heteroatoms. The van der Waals surface area contributed by atoms with Crippen molar-refractivity contribution in [1.82, 2.24) is 5.32 Å². The molecule has 0 aromatic heterocycles. The summed E-state index contributed by atoms with van der Waals surface area (Å²) in [7, 11) is 1.27. The van der Waals surface area contributed by atoms with E-state index in [2.05, 4.69) is 19.2 Å². The van der Waals surface area contributed by atoms with E-state index in [1.54, 1.807) is 6.08 Å². The lowest BCUT2D eigenvalue weighted by Crippen LogP contribution is -2.45. The molecule has 0 radical (unpaired) electrons. The Balaban J connectivity index is 4.38. The zero-order chi connectivity index (χ0) is 38.6. The quantitative estimate of drug-likeness (QED) is 0.0279. The first kappa shape index (κ1) is 51.2. The van der Waals surface area contributed by atoms with Crippen LogP contribution in [-0.4, -0.2) is 68.5 Å². The molecule has 2 N–H and O–H groups in total. The third kappa shape index (κ3) is 37.6. The number of nitrogens with zero attached hydrogens (tertiary/aromatic N) is 1. The Morgan fingerprint density at radius 3 is 1.44 bits per heavy atom. The molecule has 0 aromatic carbocycles. The topological polar surface area (TPSA) is 108 Å². The molecule has 8 nitrogen and oxygen atoms in total. The molecule has 0 rings (SSSR count). The molecular weight excluding hydrogens is 671 g/mol. The van der Waals surface area contributed by atoms with E-state index in [0.29, 0.717) is 17.4 Å². The number of phosphoric acid groups is 1. The summed E-state index contributed by atoms with van der Waals surface area (Å²) in [4.78, 5) is 25.3. The Morgan fingerprint density at radius 1 is 0.654 bits per heavy atom. The summed E-state index contributed by atoms with van der Waals surface area (Å²) in [5.41, 5.74) is 0. The maximum atomic E-state index is 12.8. The summed E-state index contributed by atoms with van der Waals surface area (Å²) in [5.74, 6) is -0.195. The van der Waals surface area contributed by atoms with Crippen molar-refractivity contribution in [3.63, 3.8) is 0 Å². The van der Waals surface area contributed by atoms with Crippen LogP contribution in [0, 0.1) is 0 Å². The standard InChI is InChI=1S/C43H87N2O6P/c1-6-8-10-12-14-16-18-20-21-22-23-25-27-29-31-33-35-37-43(47)44-41(40-51-52(48,49)50-39-38-45(3,4)5)42(46)36-34-32-30-28-26-24-19-17-15-13-11-9-7-2/h34,36,41-42,46H,6-33,35,37-40H2,1-5H3,(H-,44,47,48,49)/t41-,42+/m0/s1. The summed E-state index contributed by atoms with van der Waals surface area (Å²) >= 11 is 0. The molecule has 3 atom stereocenters. The van der Waals surface area contributed by atoms with E-state index in [9.17, 15) is 19.4 Å². The number of likely N-dealkylation sites (N-methyl/N-ethyl adjacent to an activating group) is 1. The largest absolute Gasteiger partial charge is 0.756 e. The first-order valence-electron chi connectivity index (χ1n) is 22.1. The number of rotatable bonds is 40. The molecule has 1 amide bonds. The molecule has 1 unspecified atom stereocenters. The van der Waals surface area contributed by atoms with Crippen LogP contribution < -0.4 is 10.2 Å². The third-order valence-corrected chi connectivity index (χ3v) is 11.0. The number of nitrogens with one attached hydrogen (secondary N) is 1. The zero-order valence-electron chi connectivity index (χ0n) is 35.0. The number of aliphatic hydroxyl groups is 1.